The summed E-state index contributed by atoms with van der Waals surface area (Å²) >= 11 is 5.81. The molecule has 2 saturated carbocycles. The number of halogens is 1. The fraction of sp³-hybridized carbons (Fsp3) is 0.889. The molecule has 1 amide bonds. The Hall–Kier alpha value is -0.240. The second kappa shape index (κ2) is 2.91. The smallest absolute Gasteiger partial charge is 0.223 e. The number of carbonyl (C=O) groups is 1. The molecule has 0 atom stereocenters. The van der Waals surface area contributed by atoms with Crippen LogP contribution in [0, 0.1) is 5.92 Å². The molecule has 0 bridgehead atoms. The Morgan fingerprint density at radius 1 is 1.50 bits per heavy atom. The highest BCUT2D eigenvalue weighted by Gasteiger charge is 2.40. The lowest BCUT2D eigenvalue weighted by atomic mass is 9.78. The lowest BCUT2D eigenvalue weighted by Gasteiger charge is -2.41. The predicted octanol–water partition coefficient (Wildman–Crippen LogP) is 1.67. The zero-order chi connectivity index (χ0) is 8.60. The molecule has 2 rings (SSSR count). The quantitative estimate of drug-likeness (QED) is 0.670. The van der Waals surface area contributed by atoms with E-state index in [4.69, 9.17) is 11.6 Å². The van der Waals surface area contributed by atoms with Gasteiger partial charge in [-0.25, -0.2) is 0 Å². The van der Waals surface area contributed by atoms with Crippen LogP contribution < -0.4 is 5.32 Å². The summed E-state index contributed by atoms with van der Waals surface area (Å²) in [5, 5.41) is 3.07. The molecule has 2 fully saturated rings. The first-order valence-electron chi connectivity index (χ1n) is 4.64. The van der Waals surface area contributed by atoms with E-state index in [1.807, 2.05) is 0 Å². The molecule has 0 heterocycles. The SMILES string of the molecule is O=C(NC1(CCl)CCC1)C1CC1. The van der Waals surface area contributed by atoms with Crippen LogP contribution in [0.25, 0.3) is 0 Å². The van der Waals surface area contributed by atoms with Gasteiger partial charge in [-0.2, -0.15) is 0 Å². The Morgan fingerprint density at radius 3 is 2.50 bits per heavy atom. The van der Waals surface area contributed by atoms with Gasteiger partial charge in [0.25, 0.3) is 0 Å². The monoisotopic (exact) mass is 187 g/mol. The standard InChI is InChI=1S/C9H14ClNO/c10-6-9(4-1-5-9)11-8(12)7-2-3-7/h7H,1-6H2,(H,11,12). The van der Waals surface area contributed by atoms with Gasteiger partial charge in [0, 0.05) is 11.8 Å². The second-order valence-electron chi connectivity index (χ2n) is 4.03. The number of amides is 1. The minimum absolute atomic E-state index is 0.0266. The lowest BCUT2D eigenvalue weighted by Crippen LogP contribution is -2.55. The summed E-state index contributed by atoms with van der Waals surface area (Å²) in [6.07, 6.45) is 5.48. The van der Waals surface area contributed by atoms with Crippen LogP contribution in [0.1, 0.15) is 32.1 Å². The Balaban J connectivity index is 1.86. The number of alkyl halides is 1. The van der Waals surface area contributed by atoms with Crippen molar-refractivity contribution in [3.8, 4) is 0 Å². The van der Waals surface area contributed by atoms with Crippen LogP contribution in [0.3, 0.4) is 0 Å². The van der Waals surface area contributed by atoms with Gasteiger partial charge in [-0.1, -0.05) is 0 Å². The third kappa shape index (κ3) is 1.45. The van der Waals surface area contributed by atoms with Gasteiger partial charge >= 0.3 is 0 Å². The molecule has 1 N–H and O–H groups in total. The highest BCUT2D eigenvalue weighted by atomic mass is 35.5. The molecule has 0 unspecified atom stereocenters. The summed E-state index contributed by atoms with van der Waals surface area (Å²) in [4.78, 5) is 11.4. The summed E-state index contributed by atoms with van der Waals surface area (Å²) in [5.41, 5.74) is -0.0266. The van der Waals surface area contributed by atoms with Gasteiger partial charge in [-0.15, -0.1) is 11.6 Å². The van der Waals surface area contributed by atoms with Crippen molar-refractivity contribution in [2.75, 3.05) is 5.88 Å². The second-order valence-corrected chi connectivity index (χ2v) is 4.30. The highest BCUT2D eigenvalue weighted by Crippen LogP contribution is 2.35. The number of hydrogen-bond acceptors (Lipinski definition) is 1. The molecule has 68 valence electrons. The van der Waals surface area contributed by atoms with Crippen molar-refractivity contribution in [2.45, 2.75) is 37.6 Å². The number of rotatable bonds is 3. The van der Waals surface area contributed by atoms with Crippen LogP contribution in [0.4, 0.5) is 0 Å². The van der Waals surface area contributed by atoms with Crippen LogP contribution >= 0.6 is 11.6 Å². The maximum atomic E-state index is 11.4. The number of carbonyl (C=O) groups excluding carboxylic acids is 1. The van der Waals surface area contributed by atoms with Crippen LogP contribution in [-0.2, 0) is 4.79 Å². The van der Waals surface area contributed by atoms with E-state index in [0.717, 1.165) is 25.7 Å². The molecule has 3 heteroatoms. The topological polar surface area (TPSA) is 29.1 Å². The minimum atomic E-state index is -0.0266. The van der Waals surface area contributed by atoms with Gasteiger partial charge in [-0.3, -0.25) is 4.79 Å². The van der Waals surface area contributed by atoms with Gasteiger partial charge in [0.15, 0.2) is 0 Å². The fourth-order valence-electron chi connectivity index (χ4n) is 1.60. The summed E-state index contributed by atoms with van der Waals surface area (Å²) in [7, 11) is 0. The van der Waals surface area contributed by atoms with Crippen molar-refractivity contribution in [1.82, 2.24) is 5.32 Å². The van der Waals surface area contributed by atoms with Crippen molar-refractivity contribution < 1.29 is 4.79 Å². The fourth-order valence-corrected chi connectivity index (χ4v) is 1.94. The van der Waals surface area contributed by atoms with Crippen LogP contribution in [0.2, 0.25) is 0 Å². The van der Waals surface area contributed by atoms with E-state index in [1.165, 1.54) is 6.42 Å². The zero-order valence-corrected chi connectivity index (χ0v) is 7.86. The molecule has 2 nitrogen and oxygen atoms in total. The normalized spacial score (nSPS) is 26.1. The molecular formula is C9H14ClNO. The van der Waals surface area contributed by atoms with Crippen molar-refractivity contribution in [1.29, 1.82) is 0 Å². The van der Waals surface area contributed by atoms with Crippen molar-refractivity contribution in [3.05, 3.63) is 0 Å². The van der Waals surface area contributed by atoms with E-state index in [-0.39, 0.29) is 11.4 Å². The molecule has 0 aromatic carbocycles. The molecule has 12 heavy (non-hydrogen) atoms. The van der Waals surface area contributed by atoms with Gasteiger partial charge in [0.1, 0.15) is 0 Å². The molecule has 2 aliphatic rings. The van der Waals surface area contributed by atoms with Crippen molar-refractivity contribution in [3.63, 3.8) is 0 Å². The molecule has 0 saturated heterocycles. The van der Waals surface area contributed by atoms with E-state index in [0.29, 0.717) is 11.8 Å². The third-order valence-electron chi connectivity index (χ3n) is 2.90. The van der Waals surface area contributed by atoms with Gasteiger partial charge in [-0.05, 0) is 32.1 Å². The lowest BCUT2D eigenvalue weighted by molar-refractivity contribution is -0.125. The summed E-state index contributed by atoms with van der Waals surface area (Å²) in [6, 6.07) is 0. The number of hydrogen-bond donors (Lipinski definition) is 1. The van der Waals surface area contributed by atoms with E-state index in [1.54, 1.807) is 0 Å². The van der Waals surface area contributed by atoms with E-state index < -0.39 is 0 Å². The van der Waals surface area contributed by atoms with Gasteiger partial charge < -0.3 is 5.32 Å². The summed E-state index contributed by atoms with van der Waals surface area (Å²) in [6.45, 7) is 0. The molecule has 2 aliphatic carbocycles. The molecule has 0 radical (unpaired) electrons. The average molecular weight is 188 g/mol. The van der Waals surface area contributed by atoms with E-state index >= 15 is 0 Å². The Kier molecular flexibility index (Phi) is 2.03. The van der Waals surface area contributed by atoms with Crippen molar-refractivity contribution >= 4 is 17.5 Å². The summed E-state index contributed by atoms with van der Waals surface area (Å²) < 4.78 is 0. The zero-order valence-electron chi connectivity index (χ0n) is 7.11. The first-order chi connectivity index (χ1) is 5.76. The minimum Gasteiger partial charge on any atom is -0.349 e. The van der Waals surface area contributed by atoms with E-state index in [9.17, 15) is 4.79 Å². The third-order valence-corrected chi connectivity index (χ3v) is 3.41. The van der Waals surface area contributed by atoms with Gasteiger partial charge in [0.05, 0.1) is 5.54 Å². The number of nitrogens with one attached hydrogen (secondary N) is 1. The van der Waals surface area contributed by atoms with Crippen LogP contribution in [0.15, 0.2) is 0 Å². The molecular weight excluding hydrogens is 174 g/mol. The molecule has 0 aromatic rings. The molecule has 0 aromatic heterocycles. The molecule has 0 spiro atoms. The van der Waals surface area contributed by atoms with Crippen molar-refractivity contribution in [2.24, 2.45) is 5.92 Å². The Labute approximate surface area is 77.7 Å². The maximum Gasteiger partial charge on any atom is 0.223 e. The van der Waals surface area contributed by atoms with Crippen LogP contribution in [0.5, 0.6) is 0 Å². The Bertz CT molecular complexity index is 191. The van der Waals surface area contributed by atoms with Crippen LogP contribution in [-0.4, -0.2) is 17.3 Å². The highest BCUT2D eigenvalue weighted by molar-refractivity contribution is 6.18. The van der Waals surface area contributed by atoms with E-state index in [2.05, 4.69) is 5.32 Å². The Morgan fingerprint density at radius 2 is 2.17 bits per heavy atom. The average Bonchev–Trinajstić information content (AvgIpc) is 2.78. The maximum absolute atomic E-state index is 11.4. The first kappa shape index (κ1) is 8.36. The van der Waals surface area contributed by atoms with Gasteiger partial charge in [0.2, 0.25) is 5.91 Å². The molecule has 0 aliphatic heterocycles. The predicted molar refractivity (Wildman–Crippen MR) is 48.2 cm³/mol. The summed E-state index contributed by atoms with van der Waals surface area (Å²) in [5.74, 6) is 1.12. The largest absolute Gasteiger partial charge is 0.349 e. The first-order valence-corrected chi connectivity index (χ1v) is 5.17.